The molecule has 146 valence electrons. The Hall–Kier alpha value is -2.51. The van der Waals surface area contributed by atoms with Gasteiger partial charge in [0.2, 0.25) is 0 Å². The largest absolute Gasteiger partial charge is 0.494 e. The number of carbonyl (C=O) groups excluding carboxylic acids is 1. The van der Waals surface area contributed by atoms with E-state index in [0.717, 1.165) is 11.2 Å². The second-order valence-electron chi connectivity index (χ2n) is 8.11. The van der Waals surface area contributed by atoms with Crippen LogP contribution in [0.25, 0.3) is 0 Å². The maximum atomic E-state index is 12.9. The summed E-state index contributed by atoms with van der Waals surface area (Å²) in [6.07, 6.45) is 0. The number of nitrogens with zero attached hydrogens (tertiary/aromatic N) is 1. The van der Waals surface area contributed by atoms with E-state index in [9.17, 15) is 4.79 Å². The molecule has 2 aliphatic heterocycles. The minimum absolute atomic E-state index is 0.193. The highest BCUT2D eigenvalue weighted by Crippen LogP contribution is 2.37. The van der Waals surface area contributed by atoms with Crippen LogP contribution in [0.3, 0.4) is 0 Å². The fraction of sp³-hybridized carbons (Fsp3) is 0.381. The summed E-state index contributed by atoms with van der Waals surface area (Å²) in [7, 11) is -0.490. The van der Waals surface area contributed by atoms with Gasteiger partial charge in [-0.1, -0.05) is 24.3 Å². The number of amides is 2. The third-order valence-corrected chi connectivity index (χ3v) is 5.64. The van der Waals surface area contributed by atoms with Crippen LogP contribution in [-0.2, 0) is 9.31 Å². The molecule has 0 unspecified atom stereocenters. The Labute approximate surface area is 165 Å². The number of carbonyl (C=O) groups is 1. The normalized spacial score (nSPS) is 19.7. The summed E-state index contributed by atoms with van der Waals surface area (Å²) in [5.74, 6) is 0.676. The van der Waals surface area contributed by atoms with Crippen LogP contribution in [-0.4, -0.2) is 37.5 Å². The Morgan fingerprint density at radius 3 is 2.39 bits per heavy atom. The van der Waals surface area contributed by atoms with Gasteiger partial charge in [0.25, 0.3) is 0 Å². The van der Waals surface area contributed by atoms with Gasteiger partial charge in [-0.15, -0.1) is 0 Å². The van der Waals surface area contributed by atoms with E-state index in [1.54, 1.807) is 4.90 Å². The predicted octanol–water partition coefficient (Wildman–Crippen LogP) is 3.42. The first-order valence-electron chi connectivity index (χ1n) is 9.53. The molecule has 0 spiro atoms. The molecule has 0 aromatic heterocycles. The van der Waals surface area contributed by atoms with Crippen molar-refractivity contribution >= 4 is 30.0 Å². The first-order chi connectivity index (χ1) is 13.3. The molecule has 0 atom stereocenters. The molecule has 7 heteroatoms. The Morgan fingerprint density at radius 1 is 1.04 bits per heavy atom. The van der Waals surface area contributed by atoms with Crippen LogP contribution >= 0.6 is 0 Å². The van der Waals surface area contributed by atoms with Gasteiger partial charge in [0, 0.05) is 5.69 Å². The zero-order valence-electron chi connectivity index (χ0n) is 16.7. The molecular formula is C21H25BN2O4. The standard InChI is InChI=1S/C21H25BN2O4/c1-20(2)21(3,4)28-22(27-20)15-10-11-18-17(14-15)24(12-13-26-18)19(25)23-16-8-6-5-7-9-16/h5-11,14H,12-13H2,1-4H3,(H,23,25). The van der Waals surface area contributed by atoms with Crippen LogP contribution in [0.15, 0.2) is 48.5 Å². The van der Waals surface area contributed by atoms with Gasteiger partial charge < -0.3 is 19.4 Å². The number of para-hydroxylation sites is 1. The van der Waals surface area contributed by atoms with Crippen molar-refractivity contribution in [3.8, 4) is 5.75 Å². The van der Waals surface area contributed by atoms with Crippen molar-refractivity contribution in [1.82, 2.24) is 0 Å². The smallest absolute Gasteiger partial charge is 0.490 e. The van der Waals surface area contributed by atoms with Gasteiger partial charge in [-0.05, 0) is 57.4 Å². The molecule has 1 fully saturated rings. The van der Waals surface area contributed by atoms with E-state index in [2.05, 4.69) is 5.32 Å². The van der Waals surface area contributed by atoms with Gasteiger partial charge in [0.05, 0.1) is 23.4 Å². The number of benzene rings is 2. The van der Waals surface area contributed by atoms with E-state index < -0.39 is 18.3 Å². The second-order valence-corrected chi connectivity index (χ2v) is 8.11. The summed E-state index contributed by atoms with van der Waals surface area (Å²) >= 11 is 0. The molecule has 2 aliphatic rings. The lowest BCUT2D eigenvalue weighted by Gasteiger charge is -2.32. The van der Waals surface area contributed by atoms with Crippen molar-refractivity contribution in [3.05, 3.63) is 48.5 Å². The molecule has 0 radical (unpaired) electrons. The van der Waals surface area contributed by atoms with E-state index in [-0.39, 0.29) is 6.03 Å². The molecule has 2 aromatic carbocycles. The van der Waals surface area contributed by atoms with E-state index in [4.69, 9.17) is 14.0 Å². The van der Waals surface area contributed by atoms with Gasteiger partial charge in [0.1, 0.15) is 12.4 Å². The van der Waals surface area contributed by atoms with Crippen LogP contribution in [0, 0.1) is 0 Å². The third kappa shape index (κ3) is 3.36. The van der Waals surface area contributed by atoms with E-state index in [1.807, 2.05) is 76.2 Å². The van der Waals surface area contributed by atoms with Crippen LogP contribution < -0.4 is 20.4 Å². The fourth-order valence-electron chi connectivity index (χ4n) is 3.28. The van der Waals surface area contributed by atoms with E-state index >= 15 is 0 Å². The average Bonchev–Trinajstić information content (AvgIpc) is 2.89. The summed E-state index contributed by atoms with van der Waals surface area (Å²) in [6, 6.07) is 14.9. The number of hydrogen-bond acceptors (Lipinski definition) is 4. The predicted molar refractivity (Wildman–Crippen MR) is 110 cm³/mol. The lowest BCUT2D eigenvalue weighted by Crippen LogP contribution is -2.42. The highest BCUT2D eigenvalue weighted by Gasteiger charge is 2.51. The number of urea groups is 1. The number of nitrogens with one attached hydrogen (secondary N) is 1. The summed E-state index contributed by atoms with van der Waals surface area (Å²) in [6.45, 7) is 9.01. The van der Waals surface area contributed by atoms with Crippen molar-refractivity contribution in [3.63, 3.8) is 0 Å². The van der Waals surface area contributed by atoms with Crippen molar-refractivity contribution in [2.24, 2.45) is 0 Å². The zero-order valence-corrected chi connectivity index (χ0v) is 16.7. The lowest BCUT2D eigenvalue weighted by atomic mass is 9.78. The maximum Gasteiger partial charge on any atom is 0.494 e. The van der Waals surface area contributed by atoms with Crippen LogP contribution in [0.5, 0.6) is 5.75 Å². The summed E-state index contributed by atoms with van der Waals surface area (Å²) < 4.78 is 18.1. The number of fused-ring (bicyclic) bond motifs is 1. The first-order valence-corrected chi connectivity index (χ1v) is 9.53. The summed E-state index contributed by atoms with van der Waals surface area (Å²) in [5.41, 5.74) is 1.48. The van der Waals surface area contributed by atoms with Crippen molar-refractivity contribution < 1.29 is 18.8 Å². The molecule has 4 rings (SSSR count). The van der Waals surface area contributed by atoms with Crippen LogP contribution in [0.2, 0.25) is 0 Å². The van der Waals surface area contributed by atoms with Gasteiger partial charge in [-0.3, -0.25) is 4.90 Å². The van der Waals surface area contributed by atoms with Crippen molar-refractivity contribution in [2.45, 2.75) is 38.9 Å². The maximum absolute atomic E-state index is 12.9. The summed E-state index contributed by atoms with van der Waals surface area (Å²) in [4.78, 5) is 14.6. The van der Waals surface area contributed by atoms with Crippen molar-refractivity contribution in [2.75, 3.05) is 23.4 Å². The average molecular weight is 380 g/mol. The van der Waals surface area contributed by atoms with E-state index in [0.29, 0.717) is 24.6 Å². The molecule has 0 bridgehead atoms. The highest BCUT2D eigenvalue weighted by molar-refractivity contribution is 6.62. The molecule has 2 aromatic rings. The minimum atomic E-state index is -0.490. The van der Waals surface area contributed by atoms with E-state index in [1.165, 1.54) is 0 Å². The molecule has 6 nitrogen and oxygen atoms in total. The molecule has 28 heavy (non-hydrogen) atoms. The second kappa shape index (κ2) is 6.83. The van der Waals surface area contributed by atoms with Gasteiger partial charge in [-0.25, -0.2) is 4.79 Å². The van der Waals surface area contributed by atoms with Crippen LogP contribution in [0.4, 0.5) is 16.2 Å². The molecular weight excluding hydrogens is 355 g/mol. The number of hydrogen-bond donors (Lipinski definition) is 1. The molecule has 0 saturated carbocycles. The first kappa shape index (κ1) is 18.8. The highest BCUT2D eigenvalue weighted by atomic mass is 16.7. The third-order valence-electron chi connectivity index (χ3n) is 5.64. The van der Waals surface area contributed by atoms with Gasteiger partial charge in [-0.2, -0.15) is 0 Å². The molecule has 1 saturated heterocycles. The van der Waals surface area contributed by atoms with Gasteiger partial charge >= 0.3 is 13.1 Å². The molecule has 1 N–H and O–H groups in total. The Bertz CT molecular complexity index is 869. The fourth-order valence-corrected chi connectivity index (χ4v) is 3.28. The minimum Gasteiger partial charge on any atom is -0.490 e. The Balaban J connectivity index is 1.60. The number of ether oxygens (including phenoxy) is 1. The lowest BCUT2D eigenvalue weighted by molar-refractivity contribution is 0.00578. The zero-order chi connectivity index (χ0) is 19.9. The van der Waals surface area contributed by atoms with Crippen molar-refractivity contribution in [1.29, 1.82) is 0 Å². The Kier molecular flexibility index (Phi) is 4.60. The quantitative estimate of drug-likeness (QED) is 0.812. The Morgan fingerprint density at radius 2 is 1.71 bits per heavy atom. The SMILES string of the molecule is CC1(C)OB(c2ccc3c(c2)N(C(=O)Nc2ccccc2)CCO3)OC1(C)C. The molecule has 2 heterocycles. The number of rotatable bonds is 2. The molecule has 0 aliphatic carbocycles. The molecule has 2 amide bonds. The van der Waals surface area contributed by atoms with Gasteiger partial charge in [0.15, 0.2) is 0 Å². The van der Waals surface area contributed by atoms with Crippen LogP contribution in [0.1, 0.15) is 27.7 Å². The topological polar surface area (TPSA) is 60.0 Å². The monoisotopic (exact) mass is 380 g/mol. The summed E-state index contributed by atoms with van der Waals surface area (Å²) in [5, 5.41) is 2.94. The number of anilines is 2.